The monoisotopic (exact) mass is 983 g/mol. The van der Waals surface area contributed by atoms with Crippen molar-refractivity contribution in [3.63, 3.8) is 0 Å². The lowest BCUT2D eigenvalue weighted by Gasteiger charge is -2.26. The summed E-state index contributed by atoms with van der Waals surface area (Å²) in [5, 5.41) is 9.27. The Balaban J connectivity index is 0.829. The van der Waals surface area contributed by atoms with Crippen molar-refractivity contribution in [1.82, 2.24) is 9.13 Å². The van der Waals surface area contributed by atoms with E-state index in [2.05, 4.69) is 275 Å². The number of fused-ring (bicyclic) bond motifs is 12. The topological polar surface area (TPSA) is 39.4 Å². The molecule has 0 bridgehead atoms. The van der Waals surface area contributed by atoms with Crippen LogP contribution in [0.15, 0.2) is 282 Å². The third-order valence-corrected chi connectivity index (χ3v) is 15.7. The van der Waals surface area contributed by atoms with Gasteiger partial charge >= 0.3 is 0 Å². The molecule has 4 heterocycles. The highest BCUT2D eigenvalue weighted by atomic mass is 16.3. The Bertz CT molecular complexity index is 4960. The van der Waals surface area contributed by atoms with E-state index < -0.39 is 0 Å². The van der Waals surface area contributed by atoms with Crippen LogP contribution in [0.25, 0.3) is 132 Å². The summed E-state index contributed by atoms with van der Waals surface area (Å²) in [7, 11) is 0. The fourth-order valence-corrected chi connectivity index (χ4v) is 12.2. The van der Waals surface area contributed by atoms with Crippen LogP contribution in [0.4, 0.5) is 17.1 Å². The zero-order chi connectivity index (χ0) is 50.6. The molecule has 0 aliphatic carbocycles. The normalized spacial score (nSPS) is 11.9. The van der Waals surface area contributed by atoms with Crippen molar-refractivity contribution in [2.24, 2.45) is 0 Å². The summed E-state index contributed by atoms with van der Waals surface area (Å²) < 4.78 is 17.9. The Morgan fingerprint density at radius 2 is 0.727 bits per heavy atom. The van der Waals surface area contributed by atoms with E-state index in [0.29, 0.717) is 0 Å². The van der Waals surface area contributed by atoms with Crippen molar-refractivity contribution >= 4 is 105 Å². The second-order valence-electron chi connectivity index (χ2n) is 20.0. The van der Waals surface area contributed by atoms with Crippen molar-refractivity contribution < 1.29 is 8.83 Å². The molecule has 0 saturated heterocycles. The van der Waals surface area contributed by atoms with E-state index in [0.717, 1.165) is 100 Å². The lowest BCUT2D eigenvalue weighted by molar-refractivity contribution is 0.669. The minimum Gasteiger partial charge on any atom is -0.456 e. The molecule has 0 spiro atoms. The summed E-state index contributed by atoms with van der Waals surface area (Å²) in [5.41, 5.74) is 20.4. The van der Waals surface area contributed by atoms with Crippen LogP contribution in [0.5, 0.6) is 0 Å². The summed E-state index contributed by atoms with van der Waals surface area (Å²) in [6, 6.07) is 98.1. The summed E-state index contributed by atoms with van der Waals surface area (Å²) in [6.07, 6.45) is 0. The average Bonchev–Trinajstić information content (AvgIpc) is 4.44. The molecule has 5 nitrogen and oxygen atoms in total. The van der Waals surface area contributed by atoms with E-state index in [1.165, 1.54) is 49.2 Å². The maximum absolute atomic E-state index is 6.62. The van der Waals surface area contributed by atoms with Gasteiger partial charge in [-0.15, -0.1) is 0 Å². The lowest BCUT2D eigenvalue weighted by atomic mass is 9.98. The molecule has 0 atom stereocenters. The first-order valence-electron chi connectivity index (χ1n) is 26.2. The second-order valence-corrected chi connectivity index (χ2v) is 20.0. The first kappa shape index (κ1) is 43.1. The van der Waals surface area contributed by atoms with E-state index in [4.69, 9.17) is 8.83 Å². The number of furan rings is 2. The smallest absolute Gasteiger partial charge is 0.143 e. The van der Waals surface area contributed by atoms with E-state index in [-0.39, 0.29) is 0 Å². The Morgan fingerprint density at radius 3 is 1.45 bits per heavy atom. The third-order valence-electron chi connectivity index (χ3n) is 15.7. The molecule has 0 aliphatic rings. The molecular formula is C72H45N3O2. The molecule has 0 amide bonds. The quantitative estimate of drug-likeness (QED) is 0.152. The average molecular weight is 984 g/mol. The minimum absolute atomic E-state index is 0.842. The molecular weight excluding hydrogens is 939 g/mol. The zero-order valence-electron chi connectivity index (χ0n) is 41.6. The first-order chi connectivity index (χ1) is 38.2. The third kappa shape index (κ3) is 6.81. The van der Waals surface area contributed by atoms with Crippen LogP contribution in [0.3, 0.4) is 0 Å². The molecule has 0 fully saturated rings. The van der Waals surface area contributed by atoms with Gasteiger partial charge in [0.1, 0.15) is 22.3 Å². The second kappa shape index (κ2) is 17.1. The predicted octanol–water partition coefficient (Wildman–Crippen LogP) is 20.2. The number of nitrogens with zero attached hydrogens (tertiary/aromatic N) is 3. The molecule has 0 N–H and O–H groups in total. The molecule has 360 valence electrons. The van der Waals surface area contributed by atoms with Gasteiger partial charge in [0.05, 0.1) is 22.1 Å². The first-order valence-corrected chi connectivity index (χ1v) is 26.2. The molecule has 5 heteroatoms. The maximum atomic E-state index is 6.62. The number of hydrogen-bond donors (Lipinski definition) is 0. The number of anilines is 3. The van der Waals surface area contributed by atoms with Gasteiger partial charge in [-0.3, -0.25) is 0 Å². The van der Waals surface area contributed by atoms with E-state index in [1.54, 1.807) is 0 Å². The molecule has 16 rings (SSSR count). The van der Waals surface area contributed by atoms with Crippen LogP contribution < -0.4 is 4.90 Å². The predicted molar refractivity (Wildman–Crippen MR) is 321 cm³/mol. The number of aromatic nitrogens is 2. The van der Waals surface area contributed by atoms with Crippen LogP contribution in [0, 0.1) is 0 Å². The minimum atomic E-state index is 0.842. The molecule has 0 saturated carbocycles. The van der Waals surface area contributed by atoms with Gasteiger partial charge in [-0.25, -0.2) is 0 Å². The van der Waals surface area contributed by atoms with Gasteiger partial charge in [-0.05, 0) is 143 Å². The van der Waals surface area contributed by atoms with Crippen molar-refractivity contribution in [1.29, 1.82) is 0 Å². The molecule has 12 aromatic carbocycles. The fourth-order valence-electron chi connectivity index (χ4n) is 12.2. The Hall–Kier alpha value is -10.4. The van der Waals surface area contributed by atoms with Gasteiger partial charge in [0.25, 0.3) is 0 Å². The van der Waals surface area contributed by atoms with Crippen molar-refractivity contribution in [2.75, 3.05) is 4.90 Å². The molecule has 4 aromatic heterocycles. The zero-order valence-corrected chi connectivity index (χ0v) is 41.6. The van der Waals surface area contributed by atoms with Crippen LogP contribution in [-0.2, 0) is 0 Å². The van der Waals surface area contributed by atoms with Gasteiger partial charge in [-0.2, -0.15) is 0 Å². The SMILES string of the molecule is c1ccc(-n2c3ccccc3c3cc(-c4ccc5oc6ccc(N(c7ccc(-c8cccc9c8oc8ccccc89)cc7)c7ccc(-c8cccc9c8c8ccccc8n9-c8ccccc8)cc7)cc6c5c4)ccc32)cc1. The summed E-state index contributed by atoms with van der Waals surface area (Å²) in [6.45, 7) is 0. The number of hydrogen-bond acceptors (Lipinski definition) is 3. The molecule has 0 radical (unpaired) electrons. The van der Waals surface area contributed by atoms with Crippen LogP contribution >= 0.6 is 0 Å². The van der Waals surface area contributed by atoms with Crippen LogP contribution in [0.1, 0.15) is 0 Å². The summed E-state index contributed by atoms with van der Waals surface area (Å²) in [5.74, 6) is 0. The van der Waals surface area contributed by atoms with E-state index in [1.807, 2.05) is 12.1 Å². The number of para-hydroxylation sites is 6. The highest BCUT2D eigenvalue weighted by Crippen LogP contribution is 2.45. The maximum Gasteiger partial charge on any atom is 0.143 e. The Morgan fingerprint density at radius 1 is 0.260 bits per heavy atom. The van der Waals surface area contributed by atoms with Gasteiger partial charge in [0.2, 0.25) is 0 Å². The standard InChI is InChI=1S/C72H45N3O2/c1-3-15-50(16-4-1)74-64-25-10-7-19-57(64)61-43-48(33-40-66(61)74)49-34-41-69-62(44-49)63-45-54(39-42-70(63)76-69)73(53-37-31-47(32-38-53)56-23-13-24-59-58-20-9-12-28-68(58)77-72(56)59)52-35-29-46(30-36-52)55-22-14-27-67-71(55)60-21-8-11-26-65(60)75(67)51-17-5-2-6-18-51/h1-45H. The van der Waals surface area contributed by atoms with Gasteiger partial charge in [0, 0.05) is 77.1 Å². The fraction of sp³-hybridized carbons (Fsp3) is 0. The highest BCUT2D eigenvalue weighted by molar-refractivity contribution is 6.16. The summed E-state index contributed by atoms with van der Waals surface area (Å²) >= 11 is 0. The van der Waals surface area contributed by atoms with Gasteiger partial charge in [0.15, 0.2) is 0 Å². The molecule has 77 heavy (non-hydrogen) atoms. The Kier molecular flexibility index (Phi) is 9.57. The molecule has 16 aromatic rings. The number of benzene rings is 12. The number of rotatable bonds is 8. The highest BCUT2D eigenvalue weighted by Gasteiger charge is 2.21. The largest absolute Gasteiger partial charge is 0.456 e. The summed E-state index contributed by atoms with van der Waals surface area (Å²) in [4.78, 5) is 2.36. The van der Waals surface area contributed by atoms with Crippen LogP contribution in [-0.4, -0.2) is 9.13 Å². The van der Waals surface area contributed by atoms with Crippen LogP contribution in [0.2, 0.25) is 0 Å². The van der Waals surface area contributed by atoms with Crippen molar-refractivity contribution in [3.05, 3.63) is 273 Å². The lowest BCUT2D eigenvalue weighted by Crippen LogP contribution is -2.09. The van der Waals surface area contributed by atoms with Crippen molar-refractivity contribution in [3.8, 4) is 44.8 Å². The van der Waals surface area contributed by atoms with E-state index >= 15 is 0 Å². The Labute approximate surface area is 442 Å². The van der Waals surface area contributed by atoms with Crippen molar-refractivity contribution in [2.45, 2.75) is 0 Å². The molecule has 0 unspecified atom stereocenters. The van der Waals surface area contributed by atoms with E-state index in [9.17, 15) is 0 Å². The van der Waals surface area contributed by atoms with Gasteiger partial charge < -0.3 is 22.9 Å². The van der Waals surface area contributed by atoms with Gasteiger partial charge in [-0.1, -0.05) is 158 Å². The molecule has 0 aliphatic heterocycles.